The van der Waals surface area contributed by atoms with Crippen LogP contribution in [0.25, 0.3) is 10.2 Å². The molecule has 156 valence electrons. The number of aryl methyl sites for hydroxylation is 2. The van der Waals surface area contributed by atoms with Crippen molar-refractivity contribution in [3.63, 3.8) is 0 Å². The normalized spacial score (nSPS) is 11.8. The van der Waals surface area contributed by atoms with Crippen LogP contribution >= 0.6 is 23.1 Å². The van der Waals surface area contributed by atoms with Crippen LogP contribution in [0.3, 0.4) is 0 Å². The van der Waals surface area contributed by atoms with Gasteiger partial charge in [-0.2, -0.15) is 5.26 Å². The Labute approximate surface area is 182 Å². The molecule has 30 heavy (non-hydrogen) atoms. The largest absolute Gasteiger partial charge is 0.368 e. The summed E-state index contributed by atoms with van der Waals surface area (Å²) in [6.45, 7) is 6.70. The Morgan fingerprint density at radius 2 is 2.17 bits per heavy atom. The third kappa shape index (κ3) is 5.17. The number of hydrogen-bond acceptors (Lipinski definition) is 8. The molecule has 0 spiro atoms. The van der Waals surface area contributed by atoms with Crippen molar-refractivity contribution in [2.75, 3.05) is 18.4 Å². The van der Waals surface area contributed by atoms with Gasteiger partial charge in [-0.25, -0.2) is 9.97 Å². The Morgan fingerprint density at radius 3 is 2.87 bits per heavy atom. The van der Waals surface area contributed by atoms with Gasteiger partial charge in [0.2, 0.25) is 5.91 Å². The molecule has 0 bridgehead atoms. The fourth-order valence-corrected chi connectivity index (χ4v) is 4.56. The van der Waals surface area contributed by atoms with Gasteiger partial charge in [-0.3, -0.25) is 9.59 Å². The number of nitriles is 1. The number of thioether (sulfide) groups is 1. The van der Waals surface area contributed by atoms with Gasteiger partial charge in [0, 0.05) is 24.2 Å². The van der Waals surface area contributed by atoms with Crippen LogP contribution in [0.4, 0.5) is 5.82 Å². The van der Waals surface area contributed by atoms with Crippen LogP contribution in [0.2, 0.25) is 0 Å². The molecule has 3 rings (SSSR count). The first-order valence-electron chi connectivity index (χ1n) is 9.37. The Balaban J connectivity index is 1.45. The number of nitrogens with one attached hydrogen (secondary N) is 3. The van der Waals surface area contributed by atoms with Gasteiger partial charge in [0.15, 0.2) is 0 Å². The van der Waals surface area contributed by atoms with E-state index in [-0.39, 0.29) is 16.7 Å². The van der Waals surface area contributed by atoms with Gasteiger partial charge < -0.3 is 15.6 Å². The van der Waals surface area contributed by atoms with Crippen LogP contribution in [-0.2, 0) is 10.5 Å². The zero-order valence-electron chi connectivity index (χ0n) is 16.9. The number of hydrogen-bond donors (Lipinski definition) is 3. The molecule has 10 heteroatoms. The van der Waals surface area contributed by atoms with Gasteiger partial charge >= 0.3 is 0 Å². The number of thiophene rings is 1. The summed E-state index contributed by atoms with van der Waals surface area (Å²) in [4.78, 5) is 37.9. The molecule has 1 amide bonds. The fraction of sp³-hybridized carbons (Fsp3) is 0.350. The summed E-state index contributed by atoms with van der Waals surface area (Å²) in [6.07, 6.45) is 1.49. The summed E-state index contributed by atoms with van der Waals surface area (Å²) < 4.78 is 0. The second-order valence-electron chi connectivity index (χ2n) is 6.69. The maximum atomic E-state index is 12.3. The van der Waals surface area contributed by atoms with Crippen LogP contribution in [0, 0.1) is 25.2 Å². The van der Waals surface area contributed by atoms with Crippen LogP contribution in [0.15, 0.2) is 23.1 Å². The molecule has 3 aromatic heterocycles. The second kappa shape index (κ2) is 9.73. The van der Waals surface area contributed by atoms with Crippen LogP contribution < -0.4 is 16.2 Å². The minimum Gasteiger partial charge on any atom is -0.368 e. The number of amides is 1. The highest BCUT2D eigenvalue weighted by Gasteiger charge is 2.15. The standard InChI is InChI=1S/C20H22N6O2S2/c1-11-12(2)30-20-17(11)19(28)25-16(26-20)10-29-13(3)18(27)23-7-6-22-15-5-4-14(8-21)9-24-15/h4-5,9,13H,6-7,10H2,1-3H3,(H,22,24)(H,23,27)(H,25,26,28)/t13-/m1/s1. The predicted molar refractivity (Wildman–Crippen MR) is 121 cm³/mol. The quantitative estimate of drug-likeness (QED) is 0.458. The number of anilines is 1. The summed E-state index contributed by atoms with van der Waals surface area (Å²) in [7, 11) is 0. The van der Waals surface area contributed by atoms with E-state index in [0.29, 0.717) is 41.4 Å². The predicted octanol–water partition coefficient (Wildman–Crippen LogP) is 2.72. The van der Waals surface area contributed by atoms with Crippen molar-refractivity contribution < 1.29 is 4.79 Å². The molecule has 0 unspecified atom stereocenters. The maximum Gasteiger partial charge on any atom is 0.259 e. The number of aromatic nitrogens is 3. The minimum atomic E-state index is -0.286. The molecule has 0 fully saturated rings. The molecule has 3 N–H and O–H groups in total. The van der Waals surface area contributed by atoms with Crippen LogP contribution in [-0.4, -0.2) is 39.2 Å². The van der Waals surface area contributed by atoms with Gasteiger partial charge in [0.1, 0.15) is 22.5 Å². The van der Waals surface area contributed by atoms with Crippen molar-refractivity contribution >= 4 is 45.0 Å². The summed E-state index contributed by atoms with van der Waals surface area (Å²) in [6, 6.07) is 5.42. The third-order valence-corrected chi connectivity index (χ3v) is 6.81. The van der Waals surface area contributed by atoms with Crippen molar-refractivity contribution in [2.45, 2.75) is 31.8 Å². The SMILES string of the molecule is Cc1sc2nc(CS[C@H](C)C(=O)NCCNc3ccc(C#N)cn3)[nH]c(=O)c2c1C. The molecule has 0 aliphatic heterocycles. The van der Waals surface area contributed by atoms with E-state index >= 15 is 0 Å². The molecular weight excluding hydrogens is 420 g/mol. The molecule has 1 atom stereocenters. The van der Waals surface area contributed by atoms with Crippen molar-refractivity contribution in [3.05, 3.63) is 50.5 Å². The number of carbonyl (C=O) groups excluding carboxylic acids is 1. The minimum absolute atomic E-state index is 0.0826. The first-order chi connectivity index (χ1) is 14.4. The summed E-state index contributed by atoms with van der Waals surface area (Å²) in [5.74, 6) is 1.59. The molecular formula is C20H22N6O2S2. The number of pyridine rings is 1. The molecule has 0 aliphatic rings. The lowest BCUT2D eigenvalue weighted by Gasteiger charge is -2.12. The van der Waals surface area contributed by atoms with E-state index in [1.807, 2.05) is 26.8 Å². The average molecular weight is 443 g/mol. The van der Waals surface area contributed by atoms with E-state index in [9.17, 15) is 9.59 Å². The molecule has 3 heterocycles. The summed E-state index contributed by atoms with van der Waals surface area (Å²) in [5, 5.41) is 15.1. The topological polar surface area (TPSA) is 124 Å². The average Bonchev–Trinajstić information content (AvgIpc) is 3.03. The highest BCUT2D eigenvalue weighted by Crippen LogP contribution is 2.26. The lowest BCUT2D eigenvalue weighted by atomic mass is 10.2. The molecule has 0 aliphatic carbocycles. The Morgan fingerprint density at radius 1 is 1.37 bits per heavy atom. The van der Waals surface area contributed by atoms with E-state index in [2.05, 4.69) is 25.6 Å². The van der Waals surface area contributed by atoms with E-state index in [1.165, 1.54) is 29.3 Å². The van der Waals surface area contributed by atoms with Gasteiger partial charge in [0.25, 0.3) is 5.56 Å². The molecule has 0 radical (unpaired) electrons. The van der Waals surface area contributed by atoms with E-state index in [4.69, 9.17) is 5.26 Å². The van der Waals surface area contributed by atoms with Gasteiger partial charge in [-0.05, 0) is 38.5 Å². The maximum absolute atomic E-state index is 12.3. The van der Waals surface area contributed by atoms with E-state index in [1.54, 1.807) is 12.1 Å². The number of rotatable bonds is 8. The molecule has 0 saturated heterocycles. The first-order valence-corrected chi connectivity index (χ1v) is 11.2. The Kier molecular flexibility index (Phi) is 7.07. The number of nitrogens with zero attached hydrogens (tertiary/aromatic N) is 3. The Bertz CT molecular complexity index is 1150. The van der Waals surface area contributed by atoms with Crippen molar-refractivity contribution in [2.24, 2.45) is 0 Å². The van der Waals surface area contributed by atoms with E-state index < -0.39 is 0 Å². The highest BCUT2D eigenvalue weighted by molar-refractivity contribution is 7.99. The molecule has 0 saturated carbocycles. The van der Waals surface area contributed by atoms with Gasteiger partial charge in [-0.1, -0.05) is 0 Å². The second-order valence-corrected chi connectivity index (χ2v) is 9.22. The summed E-state index contributed by atoms with van der Waals surface area (Å²) >= 11 is 2.93. The van der Waals surface area contributed by atoms with Crippen LogP contribution in [0.1, 0.15) is 28.8 Å². The number of H-pyrrole nitrogens is 1. The molecule has 8 nitrogen and oxygen atoms in total. The number of carbonyl (C=O) groups is 1. The zero-order chi connectivity index (χ0) is 21.7. The monoisotopic (exact) mass is 442 g/mol. The number of fused-ring (bicyclic) bond motifs is 1. The number of aromatic amines is 1. The van der Waals surface area contributed by atoms with Crippen molar-refractivity contribution in [3.8, 4) is 6.07 Å². The summed E-state index contributed by atoms with van der Waals surface area (Å²) in [5.41, 5.74) is 1.34. The highest BCUT2D eigenvalue weighted by atomic mass is 32.2. The molecule has 0 aromatic carbocycles. The molecule has 3 aromatic rings. The van der Waals surface area contributed by atoms with Gasteiger partial charge in [0.05, 0.1) is 22.0 Å². The lowest BCUT2D eigenvalue weighted by molar-refractivity contribution is -0.120. The third-order valence-electron chi connectivity index (χ3n) is 4.55. The van der Waals surface area contributed by atoms with Crippen molar-refractivity contribution in [1.29, 1.82) is 5.26 Å². The van der Waals surface area contributed by atoms with E-state index in [0.717, 1.165) is 15.3 Å². The van der Waals surface area contributed by atoms with Gasteiger partial charge in [-0.15, -0.1) is 23.1 Å². The van der Waals surface area contributed by atoms with Crippen molar-refractivity contribution in [1.82, 2.24) is 20.3 Å². The van der Waals surface area contributed by atoms with Crippen LogP contribution in [0.5, 0.6) is 0 Å². The zero-order valence-corrected chi connectivity index (χ0v) is 18.5. The Hall–Kier alpha value is -2.90. The lowest BCUT2D eigenvalue weighted by Crippen LogP contribution is -2.34. The smallest absolute Gasteiger partial charge is 0.259 e. The first kappa shape index (κ1) is 21.8. The fourth-order valence-electron chi connectivity index (χ4n) is 2.73.